The summed E-state index contributed by atoms with van der Waals surface area (Å²) in [5, 5.41) is -0.226. The standard InChI is InChI=1S/C10H7BrF6O/c1-18-8-6(9(12,13)14)3-2-5(4-11)7(8)10(15,16)17/h2-3H,4H2,1H3. The largest absolute Gasteiger partial charge is 0.495 e. The van der Waals surface area contributed by atoms with E-state index in [9.17, 15) is 26.3 Å². The zero-order valence-corrected chi connectivity index (χ0v) is 10.5. The lowest BCUT2D eigenvalue weighted by Crippen LogP contribution is -2.16. The number of halogens is 7. The van der Waals surface area contributed by atoms with Crippen molar-refractivity contribution in [2.24, 2.45) is 0 Å². The summed E-state index contributed by atoms with van der Waals surface area (Å²) in [6.07, 6.45) is -9.83. The second-order valence-electron chi connectivity index (χ2n) is 3.31. The second kappa shape index (κ2) is 4.99. The molecule has 0 unspecified atom stereocenters. The van der Waals surface area contributed by atoms with Gasteiger partial charge in [-0.25, -0.2) is 0 Å². The van der Waals surface area contributed by atoms with Gasteiger partial charge in [0.05, 0.1) is 12.7 Å². The van der Waals surface area contributed by atoms with Crippen LogP contribution in [0.1, 0.15) is 16.7 Å². The van der Waals surface area contributed by atoms with Gasteiger partial charge in [0.2, 0.25) is 0 Å². The van der Waals surface area contributed by atoms with E-state index in [0.717, 1.165) is 13.2 Å². The molecule has 1 aromatic rings. The Morgan fingerprint density at radius 2 is 1.61 bits per heavy atom. The number of hydrogen-bond donors (Lipinski definition) is 0. The molecule has 8 heteroatoms. The summed E-state index contributed by atoms with van der Waals surface area (Å²) in [4.78, 5) is 0. The zero-order valence-electron chi connectivity index (χ0n) is 8.92. The van der Waals surface area contributed by atoms with Gasteiger partial charge in [0.1, 0.15) is 11.3 Å². The molecule has 102 valence electrons. The number of benzene rings is 1. The summed E-state index contributed by atoms with van der Waals surface area (Å²) in [6, 6.07) is 1.35. The first-order valence-corrected chi connectivity index (χ1v) is 5.65. The number of hydrogen-bond acceptors (Lipinski definition) is 1. The molecule has 0 aliphatic carbocycles. The Balaban J connectivity index is 3.64. The lowest BCUT2D eigenvalue weighted by molar-refractivity contribution is -0.145. The third-order valence-corrected chi connectivity index (χ3v) is 2.79. The average molecular weight is 337 g/mol. The predicted molar refractivity (Wildman–Crippen MR) is 55.6 cm³/mol. The Labute approximate surface area is 107 Å². The van der Waals surface area contributed by atoms with Gasteiger partial charge >= 0.3 is 12.4 Å². The fourth-order valence-electron chi connectivity index (χ4n) is 1.48. The van der Waals surface area contributed by atoms with Gasteiger partial charge in [-0.05, 0) is 11.6 Å². The van der Waals surface area contributed by atoms with Crippen LogP contribution in [0.4, 0.5) is 26.3 Å². The maximum absolute atomic E-state index is 12.8. The van der Waals surface area contributed by atoms with Crippen molar-refractivity contribution in [1.82, 2.24) is 0 Å². The summed E-state index contributed by atoms with van der Waals surface area (Å²) < 4.78 is 80.4. The lowest BCUT2D eigenvalue weighted by atomic mass is 10.0. The normalized spacial score (nSPS) is 12.7. The summed E-state index contributed by atoms with van der Waals surface area (Å²) in [7, 11) is 0.776. The van der Waals surface area contributed by atoms with Gasteiger partial charge in [0.15, 0.2) is 0 Å². The van der Waals surface area contributed by atoms with Crippen molar-refractivity contribution in [2.45, 2.75) is 17.7 Å². The highest BCUT2D eigenvalue weighted by molar-refractivity contribution is 9.08. The Hall–Kier alpha value is -0.920. The highest BCUT2D eigenvalue weighted by Crippen LogP contribution is 2.46. The van der Waals surface area contributed by atoms with Crippen LogP contribution < -0.4 is 4.74 Å². The van der Waals surface area contributed by atoms with Gasteiger partial charge in [0.25, 0.3) is 0 Å². The highest BCUT2D eigenvalue weighted by atomic mass is 79.9. The summed E-state index contributed by atoms with van der Waals surface area (Å²) in [6.45, 7) is 0. The Morgan fingerprint density at radius 1 is 1.06 bits per heavy atom. The third-order valence-electron chi connectivity index (χ3n) is 2.18. The number of methoxy groups -OCH3 is 1. The van der Waals surface area contributed by atoms with Crippen LogP contribution in [0.25, 0.3) is 0 Å². The molecule has 0 amide bonds. The van der Waals surface area contributed by atoms with E-state index in [0.29, 0.717) is 6.07 Å². The number of ether oxygens (including phenoxy) is 1. The molecule has 1 aromatic carbocycles. The van der Waals surface area contributed by atoms with E-state index in [1.54, 1.807) is 0 Å². The lowest BCUT2D eigenvalue weighted by Gasteiger charge is -2.19. The van der Waals surface area contributed by atoms with E-state index >= 15 is 0 Å². The van der Waals surface area contributed by atoms with Crippen molar-refractivity contribution in [3.8, 4) is 5.75 Å². The van der Waals surface area contributed by atoms with E-state index in [4.69, 9.17) is 0 Å². The molecule has 0 fully saturated rings. The smallest absolute Gasteiger partial charge is 0.420 e. The Bertz CT molecular complexity index is 437. The van der Waals surface area contributed by atoms with Crippen molar-refractivity contribution < 1.29 is 31.1 Å². The zero-order chi connectivity index (χ0) is 14.1. The molecule has 0 aliphatic heterocycles. The molecule has 0 saturated carbocycles. The quantitative estimate of drug-likeness (QED) is 0.565. The molecule has 0 heterocycles. The maximum Gasteiger partial charge on any atom is 0.420 e. The van der Waals surface area contributed by atoms with Gasteiger partial charge in [-0.1, -0.05) is 22.0 Å². The molecule has 0 N–H and O–H groups in total. The minimum Gasteiger partial charge on any atom is -0.495 e. The molecular weight excluding hydrogens is 330 g/mol. The molecule has 0 spiro atoms. The summed E-state index contributed by atoms with van der Waals surface area (Å²) in [5.74, 6) is -1.20. The first kappa shape index (κ1) is 15.1. The van der Waals surface area contributed by atoms with E-state index in [2.05, 4.69) is 20.7 Å². The van der Waals surface area contributed by atoms with Crippen LogP contribution >= 0.6 is 15.9 Å². The molecular formula is C10H7BrF6O. The molecule has 1 nitrogen and oxygen atoms in total. The van der Waals surface area contributed by atoms with Crippen molar-refractivity contribution in [2.75, 3.05) is 7.11 Å². The van der Waals surface area contributed by atoms with Crippen LogP contribution in [-0.2, 0) is 17.7 Å². The van der Waals surface area contributed by atoms with Gasteiger partial charge < -0.3 is 4.74 Å². The first-order chi connectivity index (χ1) is 8.12. The SMILES string of the molecule is COc1c(C(F)(F)F)ccc(CBr)c1C(F)(F)F. The van der Waals surface area contributed by atoms with Crippen LogP contribution in [0, 0.1) is 0 Å². The van der Waals surface area contributed by atoms with E-state index in [1.807, 2.05) is 0 Å². The van der Waals surface area contributed by atoms with Crippen LogP contribution in [-0.4, -0.2) is 7.11 Å². The molecule has 0 radical (unpaired) electrons. The van der Waals surface area contributed by atoms with Crippen molar-refractivity contribution in [3.05, 3.63) is 28.8 Å². The first-order valence-electron chi connectivity index (χ1n) is 4.53. The predicted octanol–water partition coefficient (Wildman–Crippen LogP) is 4.63. The van der Waals surface area contributed by atoms with E-state index in [1.165, 1.54) is 0 Å². The van der Waals surface area contributed by atoms with Crippen LogP contribution in [0.3, 0.4) is 0 Å². The summed E-state index contributed by atoms with van der Waals surface area (Å²) >= 11 is 2.80. The van der Waals surface area contributed by atoms with Crippen LogP contribution in [0.5, 0.6) is 5.75 Å². The van der Waals surface area contributed by atoms with Crippen molar-refractivity contribution >= 4 is 15.9 Å². The fraction of sp³-hybridized carbons (Fsp3) is 0.400. The van der Waals surface area contributed by atoms with E-state index < -0.39 is 29.2 Å². The van der Waals surface area contributed by atoms with Crippen LogP contribution in [0.15, 0.2) is 12.1 Å². The molecule has 0 bridgehead atoms. The minimum absolute atomic E-state index is 0.226. The van der Waals surface area contributed by atoms with Gasteiger partial charge in [-0.2, -0.15) is 26.3 Å². The second-order valence-corrected chi connectivity index (χ2v) is 3.87. The Morgan fingerprint density at radius 3 is 1.94 bits per heavy atom. The topological polar surface area (TPSA) is 9.23 Å². The molecule has 0 atom stereocenters. The number of rotatable bonds is 2. The van der Waals surface area contributed by atoms with E-state index in [-0.39, 0.29) is 10.9 Å². The van der Waals surface area contributed by atoms with Gasteiger partial charge in [-0.15, -0.1) is 0 Å². The van der Waals surface area contributed by atoms with Crippen molar-refractivity contribution in [3.63, 3.8) is 0 Å². The Kier molecular flexibility index (Phi) is 4.19. The number of alkyl halides is 7. The third kappa shape index (κ3) is 2.90. The monoisotopic (exact) mass is 336 g/mol. The molecule has 18 heavy (non-hydrogen) atoms. The molecule has 0 aromatic heterocycles. The van der Waals surface area contributed by atoms with Crippen molar-refractivity contribution in [1.29, 1.82) is 0 Å². The highest BCUT2D eigenvalue weighted by Gasteiger charge is 2.43. The maximum atomic E-state index is 12.8. The molecule has 0 aliphatic rings. The minimum atomic E-state index is -4.92. The van der Waals surface area contributed by atoms with Gasteiger partial charge in [0, 0.05) is 5.33 Å². The fourth-order valence-corrected chi connectivity index (χ4v) is 1.95. The van der Waals surface area contributed by atoms with Crippen LogP contribution in [0.2, 0.25) is 0 Å². The summed E-state index contributed by atoms with van der Waals surface area (Å²) in [5.41, 5.74) is -3.16. The molecule has 1 rings (SSSR count). The molecule has 0 saturated heterocycles. The van der Waals surface area contributed by atoms with Gasteiger partial charge in [-0.3, -0.25) is 0 Å². The average Bonchev–Trinajstić information content (AvgIpc) is 2.24.